The van der Waals surface area contributed by atoms with E-state index in [2.05, 4.69) is 15.0 Å². The van der Waals surface area contributed by atoms with Crippen molar-refractivity contribution in [1.82, 2.24) is 9.88 Å². The van der Waals surface area contributed by atoms with Gasteiger partial charge in [0, 0.05) is 28.2 Å². The Hall–Kier alpha value is -3.52. The summed E-state index contributed by atoms with van der Waals surface area (Å²) in [4.78, 5) is 25.0. The number of H-pyrrole nitrogens is 1. The average molecular weight is 454 g/mol. The fraction of sp³-hybridized carbons (Fsp3) is 0.261. The molecular weight excluding hydrogens is 430 g/mol. The van der Waals surface area contributed by atoms with Gasteiger partial charge in [-0.1, -0.05) is 17.7 Å². The van der Waals surface area contributed by atoms with Crippen molar-refractivity contribution < 1.29 is 14.3 Å². The highest BCUT2D eigenvalue weighted by Gasteiger charge is 2.31. The van der Waals surface area contributed by atoms with Gasteiger partial charge in [-0.15, -0.1) is 0 Å². The maximum absolute atomic E-state index is 11.9. The first-order valence-corrected chi connectivity index (χ1v) is 10.6. The van der Waals surface area contributed by atoms with Crippen LogP contribution in [0, 0.1) is 0 Å². The molecule has 0 bridgehead atoms. The van der Waals surface area contributed by atoms with E-state index in [1.807, 2.05) is 36.4 Å². The first-order chi connectivity index (χ1) is 15.7. The highest BCUT2D eigenvalue weighted by molar-refractivity contribution is 6.31. The maximum atomic E-state index is 11.9. The van der Waals surface area contributed by atoms with Gasteiger partial charge in [-0.25, -0.2) is 4.99 Å². The Labute approximate surface area is 190 Å². The molecule has 1 aliphatic rings. The van der Waals surface area contributed by atoms with E-state index in [9.17, 15) is 4.79 Å². The molecule has 0 saturated heterocycles. The number of fused-ring (bicyclic) bond motifs is 3. The second-order valence-corrected chi connectivity index (χ2v) is 7.72. The lowest BCUT2D eigenvalue weighted by molar-refractivity contribution is -0.120. The number of halogens is 1. The number of carbonyl (C=O) groups excluding carboxylic acids is 1. The highest BCUT2D eigenvalue weighted by atomic mass is 35.5. The molecule has 4 rings (SSSR count). The van der Waals surface area contributed by atoms with Gasteiger partial charge in [-0.05, 0) is 47.9 Å². The zero-order valence-electron chi connectivity index (χ0n) is 17.6. The minimum atomic E-state index is -0.260. The predicted molar refractivity (Wildman–Crippen MR) is 126 cm³/mol. The number of ether oxygens (including phenoxy) is 2. The number of aromatic amines is 1. The number of rotatable bonds is 8. The second kappa shape index (κ2) is 9.74. The van der Waals surface area contributed by atoms with E-state index in [-0.39, 0.29) is 6.04 Å². The minimum Gasteiger partial charge on any atom is -0.493 e. The van der Waals surface area contributed by atoms with E-state index in [1.165, 1.54) is 18.2 Å². The summed E-state index contributed by atoms with van der Waals surface area (Å²) in [6, 6.07) is 11.3. The van der Waals surface area contributed by atoms with Crippen LogP contribution in [-0.4, -0.2) is 55.8 Å². The molecule has 9 heteroatoms. The molecule has 2 aromatic carbocycles. The molecule has 32 heavy (non-hydrogen) atoms. The molecule has 0 fully saturated rings. The summed E-state index contributed by atoms with van der Waals surface area (Å²) in [5.74, 6) is 1.19. The van der Waals surface area contributed by atoms with Crippen molar-refractivity contribution in [3.8, 4) is 11.5 Å². The topological polar surface area (TPSA) is 105 Å². The first-order valence-electron chi connectivity index (χ1n) is 10.2. The Morgan fingerprint density at radius 3 is 2.94 bits per heavy atom. The molecule has 0 aliphatic carbocycles. The average Bonchev–Trinajstić information content (AvgIpc) is 3.18. The summed E-state index contributed by atoms with van der Waals surface area (Å²) in [7, 11) is 1.59. The van der Waals surface area contributed by atoms with Crippen LogP contribution in [0.15, 0.2) is 46.4 Å². The molecule has 0 saturated carbocycles. The van der Waals surface area contributed by atoms with Crippen molar-refractivity contribution in [3.63, 3.8) is 0 Å². The van der Waals surface area contributed by atoms with Crippen LogP contribution >= 0.6 is 11.6 Å². The van der Waals surface area contributed by atoms with Crippen LogP contribution in [-0.2, 0) is 11.2 Å². The van der Waals surface area contributed by atoms with Crippen LogP contribution in [0.25, 0.3) is 10.9 Å². The van der Waals surface area contributed by atoms with Crippen molar-refractivity contribution in [1.29, 1.82) is 0 Å². The molecule has 1 aromatic heterocycles. The van der Waals surface area contributed by atoms with Crippen LogP contribution in [0.4, 0.5) is 0 Å². The quantitative estimate of drug-likeness (QED) is 0.236. The normalized spacial score (nSPS) is 16.1. The zero-order chi connectivity index (χ0) is 22.5. The van der Waals surface area contributed by atoms with E-state index < -0.39 is 0 Å². The van der Waals surface area contributed by atoms with Crippen molar-refractivity contribution in [2.45, 2.75) is 12.5 Å². The van der Waals surface area contributed by atoms with Gasteiger partial charge in [0.05, 0.1) is 26.0 Å². The molecular formula is C23H24ClN5O3. The highest BCUT2D eigenvalue weighted by Crippen LogP contribution is 2.40. The number of aliphatic imine (C=N–C) groups is 2. The third-order valence-corrected chi connectivity index (χ3v) is 5.71. The summed E-state index contributed by atoms with van der Waals surface area (Å²) in [5, 5.41) is 1.78. The van der Waals surface area contributed by atoms with Gasteiger partial charge >= 0.3 is 0 Å². The number of carbonyl (C=O) groups is 1. The van der Waals surface area contributed by atoms with E-state index in [0.29, 0.717) is 36.2 Å². The molecule has 1 atom stereocenters. The number of aromatic nitrogens is 1. The predicted octanol–water partition coefficient (Wildman–Crippen LogP) is 3.33. The number of nitrogens with one attached hydrogen (secondary N) is 1. The third kappa shape index (κ3) is 4.27. The second-order valence-electron chi connectivity index (χ2n) is 7.28. The van der Waals surface area contributed by atoms with Crippen molar-refractivity contribution in [3.05, 3.63) is 58.2 Å². The van der Waals surface area contributed by atoms with E-state index >= 15 is 0 Å². The molecule has 0 radical (unpaired) electrons. The minimum absolute atomic E-state index is 0.260. The molecule has 1 unspecified atom stereocenters. The van der Waals surface area contributed by atoms with Crippen molar-refractivity contribution in [2.75, 3.05) is 26.8 Å². The fourth-order valence-corrected chi connectivity index (χ4v) is 4.25. The Morgan fingerprint density at radius 1 is 1.28 bits per heavy atom. The van der Waals surface area contributed by atoms with Gasteiger partial charge in [0.1, 0.15) is 12.9 Å². The Morgan fingerprint density at radius 2 is 2.16 bits per heavy atom. The van der Waals surface area contributed by atoms with Crippen molar-refractivity contribution >= 4 is 41.6 Å². The van der Waals surface area contributed by atoms with Crippen LogP contribution in [0.1, 0.15) is 22.9 Å². The maximum Gasteiger partial charge on any atom is 0.210 e. The van der Waals surface area contributed by atoms with Gasteiger partial charge in [0.2, 0.25) is 6.41 Å². The molecule has 3 aromatic rings. The van der Waals surface area contributed by atoms with Gasteiger partial charge in [0.15, 0.2) is 11.5 Å². The van der Waals surface area contributed by atoms with E-state index in [0.717, 1.165) is 35.0 Å². The Kier molecular flexibility index (Phi) is 6.61. The lowest BCUT2D eigenvalue weighted by atomic mass is 9.92. The van der Waals surface area contributed by atoms with Gasteiger partial charge in [0.25, 0.3) is 0 Å². The van der Waals surface area contributed by atoms with Gasteiger partial charge in [-0.2, -0.15) is 0 Å². The summed E-state index contributed by atoms with van der Waals surface area (Å²) in [6.07, 6.45) is 4.21. The molecule has 8 nitrogen and oxygen atoms in total. The summed E-state index contributed by atoms with van der Waals surface area (Å²) in [6.45, 7) is 1.42. The molecule has 166 valence electrons. The lowest BCUT2D eigenvalue weighted by Gasteiger charge is -2.33. The molecule has 0 spiro atoms. The standard InChI is InChI=1S/C23H24ClN5O3/c1-31-21-10-15(2-5-20(21)32-9-7-26-13-27-12-25)23-22-17(6-8-29(23)14-30)18-11-16(24)3-4-19(18)28-22/h2-5,10-14,23,28H,6-9H2,1H3,(H2,25,26,27). The van der Waals surface area contributed by atoms with Crippen LogP contribution < -0.4 is 15.2 Å². The Balaban J connectivity index is 1.65. The number of hydrogen-bond donors (Lipinski definition) is 2. The van der Waals surface area contributed by atoms with Gasteiger partial charge < -0.3 is 25.1 Å². The van der Waals surface area contributed by atoms with Gasteiger partial charge in [-0.3, -0.25) is 9.79 Å². The molecule has 1 amide bonds. The van der Waals surface area contributed by atoms with Crippen molar-refractivity contribution in [2.24, 2.45) is 15.7 Å². The monoisotopic (exact) mass is 453 g/mol. The number of nitrogens with two attached hydrogens (primary N) is 1. The largest absolute Gasteiger partial charge is 0.493 e. The zero-order valence-corrected chi connectivity index (χ0v) is 18.4. The number of hydrogen-bond acceptors (Lipinski definition) is 4. The first kappa shape index (κ1) is 21.7. The number of benzene rings is 2. The van der Waals surface area contributed by atoms with Crippen LogP contribution in [0.2, 0.25) is 5.02 Å². The Bertz CT molecular complexity index is 1170. The SMILES string of the molecule is COc1cc(C2c3[nH]c4ccc(Cl)cc4c3CCN2C=O)ccc1OCCN=CN=CN. The third-order valence-electron chi connectivity index (χ3n) is 5.48. The summed E-state index contributed by atoms with van der Waals surface area (Å²) >= 11 is 6.23. The smallest absolute Gasteiger partial charge is 0.210 e. The number of nitrogens with zero attached hydrogens (tertiary/aromatic N) is 3. The van der Waals surface area contributed by atoms with Crippen LogP contribution in [0.5, 0.6) is 11.5 Å². The lowest BCUT2D eigenvalue weighted by Crippen LogP contribution is -2.35. The fourth-order valence-electron chi connectivity index (χ4n) is 4.08. The number of methoxy groups -OCH3 is 1. The molecule has 1 aliphatic heterocycles. The number of amides is 1. The molecule has 2 heterocycles. The van der Waals surface area contributed by atoms with E-state index in [4.69, 9.17) is 26.8 Å². The van der Waals surface area contributed by atoms with E-state index in [1.54, 1.807) is 12.0 Å². The van der Waals surface area contributed by atoms with Crippen LogP contribution in [0.3, 0.4) is 0 Å². The summed E-state index contributed by atoms with van der Waals surface area (Å²) < 4.78 is 11.4. The summed E-state index contributed by atoms with van der Waals surface area (Å²) in [5.41, 5.74) is 9.27. The molecule has 3 N–H and O–H groups in total.